The smallest absolute Gasteiger partial charge is 0.141 e. The normalized spacial score (nSPS) is 10.6. The van der Waals surface area contributed by atoms with Crippen molar-refractivity contribution in [2.75, 3.05) is 0 Å². The quantitative estimate of drug-likeness (QED) is 0.404. The van der Waals surface area contributed by atoms with E-state index in [1.54, 1.807) is 0 Å². The van der Waals surface area contributed by atoms with Gasteiger partial charge in [-0.2, -0.15) is 0 Å². The molecule has 0 unspecified atom stereocenters. The third-order valence-electron chi connectivity index (χ3n) is 4.41. The van der Waals surface area contributed by atoms with Crippen molar-refractivity contribution < 1.29 is 0 Å². The molecule has 0 aliphatic heterocycles. The molecule has 0 atom stereocenters. The van der Waals surface area contributed by atoms with Gasteiger partial charge in [0.1, 0.15) is 5.82 Å². The molecule has 3 aromatic carbocycles. The number of benzene rings is 3. The molecule has 0 spiro atoms. The lowest BCUT2D eigenvalue weighted by Gasteiger charge is -2.11. The van der Waals surface area contributed by atoms with E-state index in [-0.39, 0.29) is 0 Å². The van der Waals surface area contributed by atoms with E-state index in [0.29, 0.717) is 6.54 Å². The van der Waals surface area contributed by atoms with Crippen LogP contribution in [0.5, 0.6) is 0 Å². The van der Waals surface area contributed by atoms with E-state index in [2.05, 4.69) is 71.8 Å². The van der Waals surface area contributed by atoms with Crippen LogP contribution >= 0.6 is 0 Å². The second-order valence-corrected chi connectivity index (χ2v) is 6.13. The predicted molar refractivity (Wildman–Crippen MR) is 109 cm³/mol. The molecule has 2 nitrogen and oxygen atoms in total. The van der Waals surface area contributed by atoms with Crippen molar-refractivity contribution in [2.24, 2.45) is 0 Å². The Bertz CT molecular complexity index is 1000. The molecule has 0 saturated heterocycles. The molecule has 4 aromatic rings. The number of aromatic nitrogens is 2. The van der Waals surface area contributed by atoms with Gasteiger partial charge in [-0.3, -0.25) is 0 Å². The van der Waals surface area contributed by atoms with E-state index in [1.165, 1.54) is 0 Å². The topological polar surface area (TPSA) is 17.8 Å². The van der Waals surface area contributed by atoms with Gasteiger partial charge in [0.15, 0.2) is 0 Å². The summed E-state index contributed by atoms with van der Waals surface area (Å²) in [4.78, 5) is 5.06. The number of imidazole rings is 1. The number of allylic oxidation sites excluding steroid dienone is 1. The van der Waals surface area contributed by atoms with Gasteiger partial charge in [-0.25, -0.2) is 4.98 Å². The Hall–Kier alpha value is -3.39. The van der Waals surface area contributed by atoms with Gasteiger partial charge in [-0.05, 0) is 0 Å². The Morgan fingerprint density at radius 3 is 1.73 bits per heavy atom. The maximum absolute atomic E-state index is 5.06. The third kappa shape index (κ3) is 2.98. The molecule has 1 aromatic heterocycles. The van der Waals surface area contributed by atoms with E-state index in [9.17, 15) is 0 Å². The number of hydrogen-bond acceptors (Lipinski definition) is 1. The maximum atomic E-state index is 5.06. The van der Waals surface area contributed by atoms with E-state index < -0.39 is 0 Å². The number of hydrogen-bond donors (Lipinski definition) is 0. The van der Waals surface area contributed by atoms with Gasteiger partial charge in [-0.1, -0.05) is 97.1 Å². The minimum atomic E-state index is 0.703. The van der Waals surface area contributed by atoms with Crippen LogP contribution in [-0.4, -0.2) is 9.55 Å². The van der Waals surface area contributed by atoms with E-state index in [4.69, 9.17) is 4.98 Å². The zero-order valence-corrected chi connectivity index (χ0v) is 14.5. The van der Waals surface area contributed by atoms with Crippen molar-refractivity contribution in [1.82, 2.24) is 9.55 Å². The average molecular weight is 336 g/mol. The highest BCUT2D eigenvalue weighted by Crippen LogP contribution is 2.36. The molecule has 0 bridgehead atoms. The van der Waals surface area contributed by atoms with Crippen LogP contribution in [0.25, 0.3) is 33.9 Å². The maximum Gasteiger partial charge on any atom is 0.141 e. The van der Waals surface area contributed by atoms with Crippen LogP contribution in [0.4, 0.5) is 0 Å². The molecule has 0 amide bonds. The Labute approximate surface area is 154 Å². The summed E-state index contributed by atoms with van der Waals surface area (Å²) in [5.41, 5.74) is 5.50. The standard InChI is InChI=1S/C24H20N2/c1-2-18-26-23(20-14-8-4-9-15-20)22(19-12-6-3-7-13-19)25-24(26)21-16-10-5-11-17-21/h2-17H,1,18H2. The first-order valence-corrected chi connectivity index (χ1v) is 8.76. The summed E-state index contributed by atoms with van der Waals surface area (Å²) in [6.45, 7) is 4.66. The highest BCUT2D eigenvalue weighted by molar-refractivity contribution is 5.82. The van der Waals surface area contributed by atoms with Crippen LogP contribution < -0.4 is 0 Å². The molecule has 4 rings (SSSR count). The first kappa shape index (κ1) is 16.1. The Kier molecular flexibility index (Phi) is 4.48. The van der Waals surface area contributed by atoms with Gasteiger partial charge in [0, 0.05) is 23.2 Å². The Morgan fingerprint density at radius 2 is 1.19 bits per heavy atom. The van der Waals surface area contributed by atoms with Crippen molar-refractivity contribution in [1.29, 1.82) is 0 Å². The van der Waals surface area contributed by atoms with Crippen molar-refractivity contribution in [2.45, 2.75) is 6.54 Å². The first-order valence-electron chi connectivity index (χ1n) is 8.76. The molecule has 26 heavy (non-hydrogen) atoms. The van der Waals surface area contributed by atoms with Crippen LogP contribution in [0.3, 0.4) is 0 Å². The van der Waals surface area contributed by atoms with Crippen LogP contribution in [0.2, 0.25) is 0 Å². The first-order chi connectivity index (χ1) is 12.9. The molecular weight excluding hydrogens is 316 g/mol. The molecule has 0 aliphatic rings. The lowest BCUT2D eigenvalue weighted by atomic mass is 10.0. The SMILES string of the molecule is C=CCn1c(-c2ccccc2)nc(-c2ccccc2)c1-c1ccccc1. The lowest BCUT2D eigenvalue weighted by molar-refractivity contribution is 0.840. The van der Waals surface area contributed by atoms with Crippen molar-refractivity contribution in [3.05, 3.63) is 104 Å². The van der Waals surface area contributed by atoms with Crippen LogP contribution in [-0.2, 0) is 6.54 Å². The second kappa shape index (κ2) is 7.24. The van der Waals surface area contributed by atoms with Gasteiger partial charge in [-0.15, -0.1) is 6.58 Å². The van der Waals surface area contributed by atoms with Crippen LogP contribution in [0, 0.1) is 0 Å². The summed E-state index contributed by atoms with van der Waals surface area (Å²) in [5.74, 6) is 0.961. The van der Waals surface area contributed by atoms with Gasteiger partial charge >= 0.3 is 0 Å². The summed E-state index contributed by atoms with van der Waals surface area (Å²) < 4.78 is 2.25. The van der Waals surface area contributed by atoms with E-state index in [1.807, 2.05) is 36.4 Å². The second-order valence-electron chi connectivity index (χ2n) is 6.13. The van der Waals surface area contributed by atoms with E-state index in [0.717, 1.165) is 33.9 Å². The van der Waals surface area contributed by atoms with Crippen molar-refractivity contribution >= 4 is 0 Å². The largest absolute Gasteiger partial charge is 0.320 e. The van der Waals surface area contributed by atoms with Gasteiger partial charge in [0.25, 0.3) is 0 Å². The number of rotatable bonds is 5. The molecule has 0 aliphatic carbocycles. The Balaban J connectivity index is 2.03. The monoisotopic (exact) mass is 336 g/mol. The molecule has 126 valence electrons. The minimum absolute atomic E-state index is 0.703. The van der Waals surface area contributed by atoms with Crippen LogP contribution in [0.15, 0.2) is 104 Å². The molecular formula is C24H20N2. The van der Waals surface area contributed by atoms with Gasteiger partial charge < -0.3 is 4.57 Å². The summed E-state index contributed by atoms with van der Waals surface area (Å²) >= 11 is 0. The van der Waals surface area contributed by atoms with Gasteiger partial charge in [0.2, 0.25) is 0 Å². The predicted octanol–water partition coefficient (Wildman–Crippen LogP) is 6.07. The summed E-state index contributed by atoms with van der Waals surface area (Å²) in [6, 6.07) is 31.1. The van der Waals surface area contributed by atoms with E-state index >= 15 is 0 Å². The highest BCUT2D eigenvalue weighted by atomic mass is 15.1. The third-order valence-corrected chi connectivity index (χ3v) is 4.41. The summed E-state index contributed by atoms with van der Waals surface area (Å²) in [5, 5.41) is 0. The minimum Gasteiger partial charge on any atom is -0.320 e. The molecule has 2 heteroatoms. The fourth-order valence-electron chi connectivity index (χ4n) is 3.25. The molecule has 1 heterocycles. The summed E-state index contributed by atoms with van der Waals surface area (Å²) in [7, 11) is 0. The average Bonchev–Trinajstić information content (AvgIpc) is 3.10. The van der Waals surface area contributed by atoms with Crippen molar-refractivity contribution in [3.8, 4) is 33.9 Å². The molecule has 0 N–H and O–H groups in total. The molecule has 0 radical (unpaired) electrons. The highest BCUT2D eigenvalue weighted by Gasteiger charge is 2.20. The molecule has 0 saturated carbocycles. The summed E-state index contributed by atoms with van der Waals surface area (Å²) in [6.07, 6.45) is 1.93. The fraction of sp³-hybridized carbons (Fsp3) is 0.0417. The van der Waals surface area contributed by atoms with Crippen LogP contribution in [0.1, 0.15) is 0 Å². The number of nitrogens with zero attached hydrogens (tertiary/aromatic N) is 2. The zero-order valence-electron chi connectivity index (χ0n) is 14.5. The zero-order chi connectivity index (χ0) is 17.8. The van der Waals surface area contributed by atoms with Crippen molar-refractivity contribution in [3.63, 3.8) is 0 Å². The Morgan fingerprint density at radius 1 is 0.692 bits per heavy atom. The molecule has 0 fully saturated rings. The lowest BCUT2D eigenvalue weighted by Crippen LogP contribution is -2.01. The fourth-order valence-corrected chi connectivity index (χ4v) is 3.25. The van der Waals surface area contributed by atoms with Gasteiger partial charge in [0.05, 0.1) is 11.4 Å².